The van der Waals surface area contributed by atoms with E-state index in [1.54, 1.807) is 23.1 Å². The van der Waals surface area contributed by atoms with Gasteiger partial charge in [0.25, 0.3) is 5.91 Å². The van der Waals surface area contributed by atoms with Gasteiger partial charge in [-0.15, -0.1) is 0 Å². The number of alkyl halides is 1. The SMILES string of the molecule is CC(C)Nc1cc(-c2ccn(-c3ccncc3)n2)ncc1C(=O)NC[C@@H](F)C(C)(C)O. The van der Waals surface area contributed by atoms with Crippen molar-refractivity contribution >= 4 is 11.6 Å². The van der Waals surface area contributed by atoms with Crippen molar-refractivity contribution in [1.29, 1.82) is 0 Å². The lowest BCUT2D eigenvalue weighted by molar-refractivity contribution is -0.00177. The minimum Gasteiger partial charge on any atom is -0.387 e. The average molecular weight is 426 g/mol. The van der Waals surface area contributed by atoms with Crippen LogP contribution in [0.4, 0.5) is 10.1 Å². The van der Waals surface area contributed by atoms with Crippen LogP contribution in [0, 0.1) is 0 Å². The first kappa shape index (κ1) is 22.4. The van der Waals surface area contributed by atoms with Crippen molar-refractivity contribution in [2.45, 2.75) is 45.5 Å². The van der Waals surface area contributed by atoms with E-state index in [9.17, 15) is 14.3 Å². The van der Waals surface area contributed by atoms with Crippen molar-refractivity contribution in [2.75, 3.05) is 11.9 Å². The molecule has 0 aromatic carbocycles. The van der Waals surface area contributed by atoms with Crippen LogP contribution in [0.1, 0.15) is 38.1 Å². The second kappa shape index (κ2) is 9.22. The van der Waals surface area contributed by atoms with Gasteiger partial charge in [0.1, 0.15) is 11.9 Å². The van der Waals surface area contributed by atoms with Crippen molar-refractivity contribution in [2.24, 2.45) is 0 Å². The molecule has 9 heteroatoms. The van der Waals surface area contributed by atoms with Gasteiger partial charge in [-0.25, -0.2) is 9.07 Å². The molecule has 0 bridgehead atoms. The van der Waals surface area contributed by atoms with Crippen LogP contribution < -0.4 is 10.6 Å². The molecule has 8 nitrogen and oxygen atoms in total. The molecule has 0 aliphatic heterocycles. The molecule has 3 heterocycles. The molecule has 0 radical (unpaired) electrons. The highest BCUT2D eigenvalue weighted by Gasteiger charge is 2.27. The second-order valence-electron chi connectivity index (χ2n) is 8.10. The molecule has 164 valence electrons. The first-order valence-corrected chi connectivity index (χ1v) is 10.0. The van der Waals surface area contributed by atoms with E-state index in [0.29, 0.717) is 17.1 Å². The molecule has 0 unspecified atom stereocenters. The Morgan fingerprint density at radius 1 is 1.23 bits per heavy atom. The smallest absolute Gasteiger partial charge is 0.255 e. The van der Waals surface area contributed by atoms with Gasteiger partial charge in [-0.05, 0) is 52.0 Å². The first-order chi connectivity index (χ1) is 14.6. The lowest BCUT2D eigenvalue weighted by atomic mass is 10.0. The zero-order valence-electron chi connectivity index (χ0n) is 18.0. The summed E-state index contributed by atoms with van der Waals surface area (Å²) < 4.78 is 15.7. The number of anilines is 1. The van der Waals surface area contributed by atoms with Crippen molar-refractivity contribution in [3.8, 4) is 17.1 Å². The number of rotatable bonds is 8. The maximum absolute atomic E-state index is 14.0. The van der Waals surface area contributed by atoms with Gasteiger partial charge in [0, 0.05) is 30.8 Å². The minimum atomic E-state index is -1.60. The van der Waals surface area contributed by atoms with Crippen molar-refractivity contribution < 1.29 is 14.3 Å². The quantitative estimate of drug-likeness (QED) is 0.511. The van der Waals surface area contributed by atoms with Crippen molar-refractivity contribution in [1.82, 2.24) is 25.1 Å². The number of pyridine rings is 2. The van der Waals surface area contributed by atoms with Gasteiger partial charge < -0.3 is 15.7 Å². The molecule has 1 amide bonds. The largest absolute Gasteiger partial charge is 0.387 e. The Morgan fingerprint density at radius 3 is 2.58 bits per heavy atom. The molecular weight excluding hydrogens is 399 g/mol. The highest BCUT2D eigenvalue weighted by Crippen LogP contribution is 2.24. The zero-order valence-corrected chi connectivity index (χ0v) is 18.0. The third-order valence-corrected chi connectivity index (χ3v) is 4.58. The summed E-state index contributed by atoms with van der Waals surface area (Å²) in [5.74, 6) is -0.476. The number of nitrogens with one attached hydrogen (secondary N) is 2. The fraction of sp³-hybridized carbons (Fsp3) is 0.364. The summed E-state index contributed by atoms with van der Waals surface area (Å²) in [4.78, 5) is 21.0. The number of halogens is 1. The number of amides is 1. The number of aliphatic hydroxyl groups is 1. The number of carbonyl (C=O) groups excluding carboxylic acids is 1. The normalized spacial score (nSPS) is 12.6. The van der Waals surface area contributed by atoms with E-state index in [1.807, 2.05) is 38.2 Å². The van der Waals surface area contributed by atoms with E-state index in [1.165, 1.54) is 20.0 Å². The summed E-state index contributed by atoms with van der Waals surface area (Å²) in [6.07, 6.45) is 5.04. The fourth-order valence-corrected chi connectivity index (χ4v) is 2.84. The highest BCUT2D eigenvalue weighted by molar-refractivity contribution is 5.99. The number of carbonyl (C=O) groups is 1. The average Bonchev–Trinajstić information content (AvgIpc) is 3.21. The lowest BCUT2D eigenvalue weighted by Gasteiger charge is -2.23. The van der Waals surface area contributed by atoms with Gasteiger partial charge in [0.05, 0.1) is 34.8 Å². The molecule has 0 spiro atoms. The van der Waals surface area contributed by atoms with Gasteiger partial charge >= 0.3 is 0 Å². The second-order valence-corrected chi connectivity index (χ2v) is 8.10. The molecule has 3 aromatic heterocycles. The van der Waals surface area contributed by atoms with Crippen LogP contribution in [0.2, 0.25) is 0 Å². The monoisotopic (exact) mass is 426 g/mol. The summed E-state index contributed by atoms with van der Waals surface area (Å²) >= 11 is 0. The van der Waals surface area contributed by atoms with Gasteiger partial charge in [-0.3, -0.25) is 14.8 Å². The maximum atomic E-state index is 14.0. The number of hydrogen-bond donors (Lipinski definition) is 3. The van der Waals surface area contributed by atoms with Crippen molar-refractivity contribution in [3.63, 3.8) is 0 Å². The molecule has 0 fully saturated rings. The number of aromatic nitrogens is 4. The Kier molecular flexibility index (Phi) is 6.65. The van der Waals surface area contributed by atoms with Crippen LogP contribution >= 0.6 is 0 Å². The van der Waals surface area contributed by atoms with Crippen LogP contribution in [0.15, 0.2) is 49.1 Å². The van der Waals surface area contributed by atoms with Gasteiger partial charge in [0.2, 0.25) is 0 Å². The van der Waals surface area contributed by atoms with E-state index in [-0.39, 0.29) is 18.2 Å². The van der Waals surface area contributed by atoms with Gasteiger partial charge in [0.15, 0.2) is 0 Å². The standard InChI is InChI=1S/C22H27FN6O2/c1-14(2)27-18-11-19(17-7-10-29(28-17)15-5-8-24-9-6-15)25-12-16(18)21(30)26-13-20(23)22(3,4)31/h5-12,14,20,31H,13H2,1-4H3,(H,25,27)(H,26,30)/t20-/m1/s1. The van der Waals surface area contributed by atoms with E-state index < -0.39 is 17.7 Å². The van der Waals surface area contributed by atoms with Crippen LogP contribution in [-0.4, -0.2) is 55.1 Å². The van der Waals surface area contributed by atoms with Crippen LogP contribution in [0.5, 0.6) is 0 Å². The Hall–Kier alpha value is -3.33. The minimum absolute atomic E-state index is 0.0569. The van der Waals surface area contributed by atoms with E-state index >= 15 is 0 Å². The third-order valence-electron chi connectivity index (χ3n) is 4.58. The summed E-state index contributed by atoms with van der Waals surface area (Å²) in [6.45, 7) is 6.31. The molecule has 3 N–H and O–H groups in total. The molecule has 0 aliphatic rings. The number of nitrogens with zero attached hydrogens (tertiary/aromatic N) is 4. The van der Waals surface area contributed by atoms with Gasteiger partial charge in [-0.1, -0.05) is 0 Å². The topological polar surface area (TPSA) is 105 Å². The number of hydrogen-bond acceptors (Lipinski definition) is 6. The van der Waals surface area contributed by atoms with E-state index in [4.69, 9.17) is 0 Å². The van der Waals surface area contributed by atoms with E-state index in [0.717, 1.165) is 5.69 Å². The Balaban J connectivity index is 1.85. The Labute approximate surface area is 180 Å². The molecule has 0 saturated carbocycles. The van der Waals surface area contributed by atoms with Crippen LogP contribution in [0.25, 0.3) is 17.1 Å². The lowest BCUT2D eigenvalue weighted by Crippen LogP contribution is -2.42. The maximum Gasteiger partial charge on any atom is 0.255 e. The third kappa shape index (κ3) is 5.64. The summed E-state index contributed by atoms with van der Waals surface area (Å²) in [5, 5.41) is 20.0. The summed E-state index contributed by atoms with van der Waals surface area (Å²) in [6, 6.07) is 7.32. The fourth-order valence-electron chi connectivity index (χ4n) is 2.84. The van der Waals surface area contributed by atoms with Gasteiger partial charge in [-0.2, -0.15) is 5.10 Å². The molecule has 31 heavy (non-hydrogen) atoms. The molecule has 3 aromatic rings. The van der Waals surface area contributed by atoms with E-state index in [2.05, 4.69) is 25.7 Å². The predicted molar refractivity (Wildman–Crippen MR) is 117 cm³/mol. The van der Waals surface area contributed by atoms with Crippen LogP contribution in [0.3, 0.4) is 0 Å². The van der Waals surface area contributed by atoms with Crippen LogP contribution in [-0.2, 0) is 0 Å². The molecule has 1 atom stereocenters. The Bertz CT molecular complexity index is 1030. The molecule has 0 saturated heterocycles. The zero-order chi connectivity index (χ0) is 22.6. The highest BCUT2D eigenvalue weighted by atomic mass is 19.1. The molecule has 0 aliphatic carbocycles. The molecular formula is C22H27FN6O2. The molecule has 3 rings (SSSR count). The summed E-state index contributed by atoms with van der Waals surface area (Å²) in [7, 11) is 0. The summed E-state index contributed by atoms with van der Waals surface area (Å²) in [5.41, 5.74) is 1.41. The predicted octanol–water partition coefficient (Wildman–Crippen LogP) is 2.99. The first-order valence-electron chi connectivity index (χ1n) is 10.0. The Morgan fingerprint density at radius 2 is 1.94 bits per heavy atom. The van der Waals surface area contributed by atoms with Crippen molar-refractivity contribution in [3.05, 3.63) is 54.6 Å².